The van der Waals surface area contributed by atoms with Gasteiger partial charge in [0.05, 0.1) is 122 Å². The Hall–Kier alpha value is -15.4. The molecule has 0 saturated carbocycles. The predicted octanol–water partition coefficient (Wildman–Crippen LogP) is 16.3. The lowest BCUT2D eigenvalue weighted by atomic mass is 10.1. The molecule has 0 N–H and O–H groups in total. The normalized spacial score (nSPS) is 14.6. The number of pyridine rings is 1. The van der Waals surface area contributed by atoms with Gasteiger partial charge >= 0.3 is 40.6 Å². The molecule has 3 atom stereocenters. The number of anilines is 7. The van der Waals surface area contributed by atoms with E-state index in [0.29, 0.717) is 11.7 Å². The highest BCUT2D eigenvalue weighted by molar-refractivity contribution is 5.88. The van der Waals surface area contributed by atoms with Crippen LogP contribution in [0.2, 0.25) is 0 Å². The molecule has 3 aliphatic rings. The summed E-state index contributed by atoms with van der Waals surface area (Å²) in [5.74, 6) is 6.70. The van der Waals surface area contributed by atoms with Crippen molar-refractivity contribution in [2.45, 2.75) is 95.1 Å². The molecule has 133 heavy (non-hydrogen) atoms. The third-order valence-corrected chi connectivity index (χ3v) is 26.2. The van der Waals surface area contributed by atoms with Gasteiger partial charge in [-0.1, -0.05) is 162 Å². The SMILES string of the molecule is C.Cc1ccccc1-n1ccc(-c2n(C)c3ccccc3[n+]2C)[n+]1C.Cc1ccccc1-n1ccc(-c2n(C)cc[n+]2C)[n+]1C.Cc1ccccc1-n1ccc(-n2ccc[n+]2C)[n+]1C.Cc1ccccc1-n1ccc(N2C=CN(C)[C@@H]2C)[n+]1C.Cc1ccccc1N1C=CN(c2n(C)c3ccccc3[n+]2C)[C@@H]1C.[2H]C([2H])([2H])c1cc[n+](C)c(N2c3ccccc3N(c3ccccc3C)[C@H]2C)c1. The minimum Gasteiger partial charge on any atom is -0.339 e. The van der Waals surface area contributed by atoms with E-state index in [1.165, 1.54) is 119 Å². The van der Waals surface area contributed by atoms with Crippen LogP contribution in [0, 0.1) is 48.4 Å². The number of hydrogen-bond acceptors (Lipinski definition) is 6. The Morgan fingerprint density at radius 2 is 0.714 bits per heavy atom. The number of imidazole rings is 3. The van der Waals surface area contributed by atoms with Gasteiger partial charge in [-0.05, 0) is 192 Å². The molecule has 0 bridgehead atoms. The number of nitrogens with zero attached hydrogens (tertiary/aromatic N) is 23. The minimum absolute atomic E-state index is 0. The van der Waals surface area contributed by atoms with Crippen molar-refractivity contribution in [2.75, 3.05) is 31.5 Å². The van der Waals surface area contributed by atoms with Crippen LogP contribution < -0.4 is 66.2 Å². The molecule has 0 radical (unpaired) electrons. The van der Waals surface area contributed by atoms with Gasteiger partial charge in [-0.2, -0.15) is 18.7 Å². The molecule has 0 amide bonds. The molecule has 23 heteroatoms. The summed E-state index contributed by atoms with van der Waals surface area (Å²) in [4.78, 5) is 13.6. The van der Waals surface area contributed by atoms with Crippen LogP contribution in [0.25, 0.3) is 73.7 Å². The molecule has 21 rings (SSSR count). The van der Waals surface area contributed by atoms with Gasteiger partial charge in [0, 0.05) is 57.8 Å². The highest BCUT2D eigenvalue weighted by Crippen LogP contribution is 2.48. The summed E-state index contributed by atoms with van der Waals surface area (Å²) in [6.07, 6.45) is 27.7. The number of benzene rings is 9. The van der Waals surface area contributed by atoms with Crippen LogP contribution in [0.4, 0.5) is 40.3 Å². The third-order valence-electron chi connectivity index (χ3n) is 26.2. The van der Waals surface area contributed by atoms with Crippen molar-refractivity contribution in [2.24, 2.45) is 84.6 Å². The van der Waals surface area contributed by atoms with Gasteiger partial charge in [-0.15, -0.1) is 9.36 Å². The lowest BCUT2D eigenvalue weighted by Gasteiger charge is -2.26. The largest absolute Gasteiger partial charge is 0.366 e. The maximum absolute atomic E-state index is 7.80. The highest BCUT2D eigenvalue weighted by atomic mass is 15.5. The molecule has 0 spiro atoms. The standard InChI is InChI=1S/C22H24N3.C20H22N4.C20H23N4.C16H20N4.C16H21N4.C15H18N4.CH4/c1-16-13-14-23(4)22(15-16)25-18(3)24(19-10-6-5-9-17(19)2)20-11-7-8-12-21(20)25;1-15-9-5-6-10-16(15)24-14-13-19(23(24)4)20-21(2)17-11-7-8-12-18(17)22(20)3;1-15-9-5-6-10-17(15)23-13-14-24(16(23)2)20-21(3)18-11-7-8-12-19(18)22(20)4;1-13-7-5-6-8-14(13)20-10-9-15(19(20)4)16-17(2)11-12-18(16)3;1-13-7-5-6-8-15(13)20-10-9-16(18(20)4)19-12-11-17(3)14(19)2;1-13-7-4-5-8-14(13)18-12-9-15(17(18)3)19-11-6-10-16(19)2;/h5-15,18H,1-4H3;5-14H,1-4H3;5-14,16H,1-4H3;5-12H,1-4H3;5-12,14H,1-4H3;4-12H,1-3H3;1H4/q+1;+2;+1;+2;+1;+2;/t18-;;16-;;14-;;/m1.1.0../s1/i1D3;;;;;;. The lowest BCUT2D eigenvalue weighted by Crippen LogP contribution is -2.47. The van der Waals surface area contributed by atoms with Crippen LogP contribution in [0.5, 0.6) is 0 Å². The molecule has 0 saturated heterocycles. The van der Waals surface area contributed by atoms with E-state index in [1.54, 1.807) is 12.1 Å². The van der Waals surface area contributed by atoms with Crippen molar-refractivity contribution < 1.29 is 45.8 Å². The number of rotatable bonds is 12. The Morgan fingerprint density at radius 3 is 1.17 bits per heavy atom. The molecule has 9 aromatic heterocycles. The van der Waals surface area contributed by atoms with Crippen LogP contribution in [0.15, 0.2) is 341 Å². The Morgan fingerprint density at radius 1 is 0.301 bits per heavy atom. The minimum atomic E-state index is -2.14. The van der Waals surface area contributed by atoms with Gasteiger partial charge in [0.15, 0.2) is 62.6 Å². The number of hydrogen-bond donors (Lipinski definition) is 0. The first-order chi connectivity index (χ1) is 64.8. The third kappa shape index (κ3) is 17.8. The second-order valence-corrected chi connectivity index (χ2v) is 34.5. The molecular formula is C110H132N23+9. The van der Waals surface area contributed by atoms with E-state index in [9.17, 15) is 0 Å². The highest BCUT2D eigenvalue weighted by Gasteiger charge is 2.43. The van der Waals surface area contributed by atoms with Gasteiger partial charge in [-0.25, -0.2) is 46.7 Å². The Bertz CT molecular complexity index is 7300. The molecule has 3 aliphatic heterocycles. The number of para-hydroxylation sites is 12. The zero-order valence-corrected chi connectivity index (χ0v) is 80.3. The van der Waals surface area contributed by atoms with Crippen molar-refractivity contribution in [3.8, 4) is 51.6 Å². The maximum Gasteiger partial charge on any atom is 0.366 e. The predicted molar refractivity (Wildman–Crippen MR) is 534 cm³/mol. The van der Waals surface area contributed by atoms with E-state index in [2.05, 4.69) is 536 Å². The van der Waals surface area contributed by atoms with Crippen molar-refractivity contribution in [3.63, 3.8) is 0 Å². The molecule has 18 aromatic rings. The first-order valence-electron chi connectivity index (χ1n) is 46.5. The van der Waals surface area contributed by atoms with E-state index < -0.39 is 6.85 Å². The van der Waals surface area contributed by atoms with Crippen molar-refractivity contribution >= 4 is 62.4 Å². The second-order valence-electron chi connectivity index (χ2n) is 34.5. The van der Waals surface area contributed by atoms with E-state index in [1.807, 2.05) is 55.3 Å². The summed E-state index contributed by atoms with van der Waals surface area (Å²) in [5, 5.41) is 0. The number of aromatic nitrogens is 17. The van der Waals surface area contributed by atoms with Crippen molar-refractivity contribution in [1.82, 2.24) is 42.0 Å². The Labute approximate surface area is 788 Å². The fourth-order valence-corrected chi connectivity index (χ4v) is 18.7. The number of aryl methyl sites for hydroxylation is 15. The molecule has 12 heterocycles. The molecule has 23 nitrogen and oxygen atoms in total. The van der Waals surface area contributed by atoms with E-state index in [-0.39, 0.29) is 19.8 Å². The lowest BCUT2D eigenvalue weighted by molar-refractivity contribution is -0.785. The van der Waals surface area contributed by atoms with Crippen molar-refractivity contribution in [1.29, 1.82) is 0 Å². The first-order valence-corrected chi connectivity index (χ1v) is 45.0. The molecule has 9 aromatic carbocycles. The topological polar surface area (TPSA) is 93.8 Å². The Balaban J connectivity index is 0.000000124. The fraction of sp³-hybridized carbons (Fsp3) is 0.245. The average Bonchev–Trinajstić information content (AvgIpc) is 1.60. The zero-order valence-electron chi connectivity index (χ0n) is 83.3. The Kier molecular flexibility index (Phi) is 26.0. The summed E-state index contributed by atoms with van der Waals surface area (Å²) >= 11 is 0. The van der Waals surface area contributed by atoms with Gasteiger partial charge in [0.2, 0.25) is 6.20 Å². The van der Waals surface area contributed by atoms with Gasteiger partial charge in [0.1, 0.15) is 55.1 Å². The second kappa shape index (κ2) is 39.1. The molecular weight excluding hydrogens is 1640 g/mol. The van der Waals surface area contributed by atoms with Gasteiger partial charge in [-0.3, -0.25) is 4.90 Å². The fourth-order valence-electron chi connectivity index (χ4n) is 18.7. The molecule has 678 valence electrons. The van der Waals surface area contributed by atoms with E-state index in [0.717, 1.165) is 28.7 Å². The monoisotopic (exact) mass is 1780 g/mol. The smallest absolute Gasteiger partial charge is 0.339 e. The van der Waals surface area contributed by atoms with E-state index >= 15 is 0 Å². The van der Waals surface area contributed by atoms with Gasteiger partial charge in [0.25, 0.3) is 5.82 Å². The quantitative estimate of drug-likeness (QED) is 0.113. The van der Waals surface area contributed by atoms with E-state index in [4.69, 9.17) is 4.11 Å². The first kappa shape index (κ1) is 88.3. The summed E-state index contributed by atoms with van der Waals surface area (Å²) in [6, 6.07) is 90.0. The number of fused-ring (bicyclic) bond motifs is 3. The van der Waals surface area contributed by atoms with Crippen molar-refractivity contribution in [3.05, 3.63) is 380 Å². The summed E-state index contributed by atoms with van der Waals surface area (Å²) < 4.78 is 60.3. The summed E-state index contributed by atoms with van der Waals surface area (Å²) in [7, 11) is 27.1. The summed E-state index contributed by atoms with van der Waals surface area (Å²) in [6.45, 7) is 17.3. The van der Waals surface area contributed by atoms with Crippen LogP contribution >= 0.6 is 0 Å². The molecule has 0 aliphatic carbocycles. The van der Waals surface area contributed by atoms with Crippen LogP contribution in [0.1, 0.15) is 71.3 Å². The molecule has 0 unspecified atom stereocenters. The average molecular weight is 1780 g/mol. The van der Waals surface area contributed by atoms with Crippen LogP contribution in [-0.2, 0) is 84.6 Å². The van der Waals surface area contributed by atoms with Crippen LogP contribution in [-0.4, -0.2) is 67.6 Å². The molecule has 0 fully saturated rings. The zero-order chi connectivity index (χ0) is 95.7. The summed E-state index contributed by atoms with van der Waals surface area (Å²) in [5.41, 5.74) is 24.6. The van der Waals surface area contributed by atoms with Gasteiger partial charge < -0.3 is 9.80 Å². The maximum atomic E-state index is 7.80. The van der Waals surface area contributed by atoms with Crippen LogP contribution in [0.3, 0.4) is 0 Å².